The largest absolute Gasteiger partial charge is 0.457 e. The Morgan fingerprint density at radius 2 is 2.13 bits per heavy atom. The van der Waals surface area contributed by atoms with Crippen LogP contribution in [0.5, 0.6) is 0 Å². The summed E-state index contributed by atoms with van der Waals surface area (Å²) in [4.78, 5) is 16.3. The number of carbonyl (C=O) groups excluding carboxylic acids is 1. The lowest BCUT2D eigenvalue weighted by atomic mass is 10.3. The molecular formula is C15H20N2O4S2. The molecule has 0 bridgehead atoms. The van der Waals surface area contributed by atoms with E-state index in [1.54, 1.807) is 0 Å². The summed E-state index contributed by atoms with van der Waals surface area (Å²) < 4.78 is 32.0. The number of unbranched alkanes of at least 4 members (excludes halogenated alkanes) is 1. The van der Waals surface area contributed by atoms with Crippen LogP contribution in [-0.2, 0) is 26.2 Å². The van der Waals surface area contributed by atoms with Gasteiger partial charge in [-0.1, -0.05) is 25.5 Å². The van der Waals surface area contributed by atoms with Crippen molar-refractivity contribution in [2.24, 2.45) is 0 Å². The molecule has 0 aliphatic heterocycles. The van der Waals surface area contributed by atoms with Crippen LogP contribution in [-0.4, -0.2) is 31.2 Å². The highest BCUT2D eigenvalue weighted by atomic mass is 32.2. The van der Waals surface area contributed by atoms with E-state index in [1.807, 2.05) is 31.2 Å². The monoisotopic (exact) mass is 356 g/mol. The Balaban J connectivity index is 1.88. The van der Waals surface area contributed by atoms with Crippen LogP contribution in [0.15, 0.2) is 24.3 Å². The second-order valence-electron chi connectivity index (χ2n) is 5.20. The van der Waals surface area contributed by atoms with Crippen LogP contribution in [0.25, 0.3) is 10.2 Å². The van der Waals surface area contributed by atoms with Gasteiger partial charge in [0, 0.05) is 0 Å². The second kappa shape index (κ2) is 7.85. The van der Waals surface area contributed by atoms with Crippen LogP contribution >= 0.6 is 11.3 Å². The maximum atomic E-state index is 11.9. The summed E-state index contributed by atoms with van der Waals surface area (Å²) in [6.45, 7) is 3.43. The first-order chi connectivity index (χ1) is 10.9. The molecule has 0 aliphatic rings. The topological polar surface area (TPSA) is 85.4 Å². The molecule has 2 aromatic rings. The molecule has 1 N–H and O–H groups in total. The molecule has 1 atom stereocenters. The van der Waals surface area contributed by atoms with E-state index >= 15 is 0 Å². The van der Waals surface area contributed by atoms with Gasteiger partial charge in [0.1, 0.15) is 17.7 Å². The number of ether oxygens (including phenoxy) is 1. The Kier molecular flexibility index (Phi) is 6.09. The van der Waals surface area contributed by atoms with Crippen LogP contribution in [0.4, 0.5) is 0 Å². The number of nitrogens with zero attached hydrogens (tertiary/aromatic N) is 1. The van der Waals surface area contributed by atoms with Crippen molar-refractivity contribution in [2.45, 2.75) is 39.3 Å². The third-order valence-electron chi connectivity index (χ3n) is 3.15. The number of carbonyl (C=O) groups is 1. The summed E-state index contributed by atoms with van der Waals surface area (Å²) in [6.07, 6.45) is 1.33. The third-order valence-corrected chi connectivity index (χ3v) is 5.70. The Morgan fingerprint density at radius 1 is 1.39 bits per heavy atom. The maximum Gasteiger partial charge on any atom is 0.324 e. The standard InChI is InChI=1S/C15H20N2O4S2/c1-3-4-9-23(19,20)17-11(2)15(18)21-10-14-16-12-7-5-6-8-13(12)22-14/h5-8,11,17H,3-4,9-10H2,1-2H3/t11-/m0/s1. The Morgan fingerprint density at radius 3 is 2.83 bits per heavy atom. The Bertz CT molecular complexity index is 738. The number of nitrogens with one attached hydrogen (secondary N) is 1. The molecular weight excluding hydrogens is 336 g/mol. The molecule has 0 saturated carbocycles. The molecule has 8 heteroatoms. The van der Waals surface area contributed by atoms with Crippen LogP contribution in [0, 0.1) is 0 Å². The highest BCUT2D eigenvalue weighted by molar-refractivity contribution is 7.89. The molecule has 2 rings (SSSR count). The van der Waals surface area contributed by atoms with Gasteiger partial charge in [-0.3, -0.25) is 4.79 Å². The summed E-state index contributed by atoms with van der Waals surface area (Å²) in [5.41, 5.74) is 0.858. The van der Waals surface area contributed by atoms with Gasteiger partial charge in [0.25, 0.3) is 0 Å². The van der Waals surface area contributed by atoms with Gasteiger partial charge in [0.2, 0.25) is 10.0 Å². The molecule has 0 radical (unpaired) electrons. The molecule has 23 heavy (non-hydrogen) atoms. The van der Waals surface area contributed by atoms with E-state index in [0.717, 1.165) is 16.6 Å². The zero-order valence-electron chi connectivity index (χ0n) is 13.1. The van der Waals surface area contributed by atoms with E-state index in [-0.39, 0.29) is 12.4 Å². The van der Waals surface area contributed by atoms with E-state index in [9.17, 15) is 13.2 Å². The third kappa shape index (κ3) is 5.26. The lowest BCUT2D eigenvalue weighted by Crippen LogP contribution is -2.40. The first kappa shape index (κ1) is 17.8. The van der Waals surface area contributed by atoms with Crippen molar-refractivity contribution in [3.63, 3.8) is 0 Å². The summed E-state index contributed by atoms with van der Waals surface area (Å²) in [7, 11) is -3.46. The fourth-order valence-electron chi connectivity index (χ4n) is 1.95. The molecule has 1 aromatic carbocycles. The van der Waals surface area contributed by atoms with Gasteiger partial charge in [-0.25, -0.2) is 18.1 Å². The number of thiazole rings is 1. The van der Waals surface area contributed by atoms with Crippen LogP contribution < -0.4 is 4.72 Å². The van der Waals surface area contributed by atoms with Gasteiger partial charge in [-0.15, -0.1) is 11.3 Å². The zero-order chi connectivity index (χ0) is 16.9. The minimum absolute atomic E-state index is 0.0129. The summed E-state index contributed by atoms with van der Waals surface area (Å²) in [5, 5.41) is 0.681. The Hall–Kier alpha value is -1.51. The molecule has 0 fully saturated rings. The number of sulfonamides is 1. The second-order valence-corrected chi connectivity index (χ2v) is 8.18. The van der Waals surface area contributed by atoms with Gasteiger partial charge in [0.05, 0.1) is 16.0 Å². The fraction of sp³-hybridized carbons (Fsp3) is 0.467. The fourth-order valence-corrected chi connectivity index (χ4v) is 4.25. The van der Waals surface area contributed by atoms with E-state index in [2.05, 4.69) is 9.71 Å². The first-order valence-electron chi connectivity index (χ1n) is 7.42. The molecule has 126 valence electrons. The smallest absolute Gasteiger partial charge is 0.324 e. The van der Waals surface area contributed by atoms with Crippen molar-refractivity contribution in [3.05, 3.63) is 29.3 Å². The lowest BCUT2D eigenvalue weighted by molar-refractivity contribution is -0.146. The van der Waals surface area contributed by atoms with E-state index < -0.39 is 22.0 Å². The number of rotatable bonds is 8. The Labute approximate surface area is 139 Å². The van der Waals surface area contributed by atoms with Gasteiger partial charge in [0.15, 0.2) is 0 Å². The molecule has 0 amide bonds. The minimum Gasteiger partial charge on any atom is -0.457 e. The quantitative estimate of drug-likeness (QED) is 0.734. The number of hydrogen-bond acceptors (Lipinski definition) is 6. The SMILES string of the molecule is CCCCS(=O)(=O)N[C@@H](C)C(=O)OCc1nc2ccccc2s1. The average Bonchev–Trinajstić information content (AvgIpc) is 2.93. The molecule has 0 spiro atoms. The van der Waals surface area contributed by atoms with Crippen molar-refractivity contribution < 1.29 is 17.9 Å². The van der Waals surface area contributed by atoms with Crippen molar-refractivity contribution in [1.29, 1.82) is 0 Å². The van der Waals surface area contributed by atoms with Gasteiger partial charge in [-0.2, -0.15) is 0 Å². The number of para-hydroxylation sites is 1. The van der Waals surface area contributed by atoms with Crippen molar-refractivity contribution in [1.82, 2.24) is 9.71 Å². The van der Waals surface area contributed by atoms with Crippen molar-refractivity contribution in [2.75, 3.05) is 5.75 Å². The predicted molar refractivity (Wildman–Crippen MR) is 90.7 cm³/mol. The molecule has 0 aliphatic carbocycles. The first-order valence-corrected chi connectivity index (χ1v) is 9.89. The average molecular weight is 356 g/mol. The summed E-state index contributed by atoms with van der Waals surface area (Å²) in [5.74, 6) is -0.594. The molecule has 0 saturated heterocycles. The number of esters is 1. The lowest BCUT2D eigenvalue weighted by Gasteiger charge is -2.13. The maximum absolute atomic E-state index is 11.9. The highest BCUT2D eigenvalue weighted by Gasteiger charge is 2.21. The van der Waals surface area contributed by atoms with Gasteiger partial charge < -0.3 is 4.74 Å². The van der Waals surface area contributed by atoms with Crippen LogP contribution in [0.1, 0.15) is 31.7 Å². The number of fused-ring (bicyclic) bond motifs is 1. The van der Waals surface area contributed by atoms with Gasteiger partial charge >= 0.3 is 5.97 Å². The predicted octanol–water partition coefficient (Wildman–Crippen LogP) is 2.45. The minimum atomic E-state index is -3.46. The number of hydrogen-bond donors (Lipinski definition) is 1. The van der Waals surface area contributed by atoms with E-state index in [0.29, 0.717) is 11.4 Å². The molecule has 1 aromatic heterocycles. The van der Waals surface area contributed by atoms with E-state index in [1.165, 1.54) is 18.3 Å². The van der Waals surface area contributed by atoms with Crippen LogP contribution in [0.2, 0.25) is 0 Å². The molecule has 0 unspecified atom stereocenters. The number of benzene rings is 1. The zero-order valence-corrected chi connectivity index (χ0v) is 14.7. The number of aromatic nitrogens is 1. The van der Waals surface area contributed by atoms with Gasteiger partial charge in [-0.05, 0) is 25.5 Å². The summed E-state index contributed by atoms with van der Waals surface area (Å²) in [6, 6.07) is 6.74. The van der Waals surface area contributed by atoms with Crippen molar-refractivity contribution >= 4 is 37.5 Å². The molecule has 1 heterocycles. The highest BCUT2D eigenvalue weighted by Crippen LogP contribution is 2.22. The van der Waals surface area contributed by atoms with Crippen LogP contribution in [0.3, 0.4) is 0 Å². The molecule has 6 nitrogen and oxygen atoms in total. The normalized spacial score (nSPS) is 13.1. The van der Waals surface area contributed by atoms with E-state index in [4.69, 9.17) is 4.74 Å². The van der Waals surface area contributed by atoms with Crippen molar-refractivity contribution in [3.8, 4) is 0 Å². The summed E-state index contributed by atoms with van der Waals surface area (Å²) >= 11 is 1.45.